The van der Waals surface area contributed by atoms with Crippen molar-refractivity contribution in [3.63, 3.8) is 0 Å². The molecule has 1 N–H and O–H groups in total. The summed E-state index contributed by atoms with van der Waals surface area (Å²) >= 11 is 1.49. The molecule has 1 aromatic carbocycles. The highest BCUT2D eigenvalue weighted by molar-refractivity contribution is 7.89. The van der Waals surface area contributed by atoms with Gasteiger partial charge in [0.15, 0.2) is 0 Å². The number of carbonyl (C=O) groups is 1. The zero-order valence-corrected chi connectivity index (χ0v) is 17.9. The highest BCUT2D eigenvalue weighted by Gasteiger charge is 2.25. The lowest BCUT2D eigenvalue weighted by atomic mass is 10.2. The minimum Gasteiger partial charge on any atom is -0.324 e. The first-order valence-corrected chi connectivity index (χ1v) is 12.1. The summed E-state index contributed by atoms with van der Waals surface area (Å²) in [6.45, 7) is 0.939. The van der Waals surface area contributed by atoms with Crippen molar-refractivity contribution in [2.75, 3.05) is 18.4 Å². The van der Waals surface area contributed by atoms with E-state index in [1.807, 2.05) is 17.5 Å². The van der Waals surface area contributed by atoms with Crippen LogP contribution in [0.25, 0.3) is 10.7 Å². The van der Waals surface area contributed by atoms with Crippen LogP contribution >= 0.6 is 11.3 Å². The van der Waals surface area contributed by atoms with E-state index in [9.17, 15) is 13.2 Å². The number of hydrogen-bond donors (Lipinski definition) is 1. The van der Waals surface area contributed by atoms with Crippen LogP contribution in [0.5, 0.6) is 0 Å². The molecule has 1 fully saturated rings. The van der Waals surface area contributed by atoms with E-state index in [1.165, 1.54) is 26.5 Å². The SMILES string of the molecule is O=C(Cn1nnc(-c2cccs2)n1)Nc1cccc(S(=O)(=O)N2CCCCCC2)c1. The molecule has 3 aromatic rings. The zero-order valence-electron chi connectivity index (χ0n) is 16.3. The average Bonchev–Trinajstić information content (AvgIpc) is 3.34. The molecule has 0 aliphatic carbocycles. The molecule has 30 heavy (non-hydrogen) atoms. The van der Waals surface area contributed by atoms with E-state index in [-0.39, 0.29) is 17.3 Å². The number of nitrogens with zero attached hydrogens (tertiary/aromatic N) is 5. The third kappa shape index (κ3) is 4.74. The molecule has 0 spiro atoms. The van der Waals surface area contributed by atoms with Crippen LogP contribution in [0.15, 0.2) is 46.7 Å². The summed E-state index contributed by atoms with van der Waals surface area (Å²) in [5.74, 6) is 0.0952. The fourth-order valence-corrected chi connectivity index (χ4v) is 5.52. The van der Waals surface area contributed by atoms with Crippen molar-refractivity contribution in [3.8, 4) is 10.7 Å². The van der Waals surface area contributed by atoms with E-state index < -0.39 is 10.0 Å². The molecule has 0 unspecified atom stereocenters. The molecule has 1 aliphatic rings. The van der Waals surface area contributed by atoms with Crippen molar-refractivity contribution in [1.82, 2.24) is 24.5 Å². The molecule has 0 atom stereocenters. The lowest BCUT2D eigenvalue weighted by Crippen LogP contribution is -2.32. The first kappa shape index (κ1) is 20.6. The third-order valence-electron chi connectivity index (χ3n) is 4.80. The monoisotopic (exact) mass is 446 g/mol. The maximum Gasteiger partial charge on any atom is 0.248 e. The Morgan fingerprint density at radius 3 is 2.63 bits per heavy atom. The molecule has 1 amide bonds. The third-order valence-corrected chi connectivity index (χ3v) is 7.56. The molecular weight excluding hydrogens is 424 g/mol. The molecule has 1 aliphatic heterocycles. The molecule has 158 valence electrons. The number of rotatable bonds is 6. The van der Waals surface area contributed by atoms with Crippen LogP contribution in [-0.4, -0.2) is 51.9 Å². The summed E-state index contributed by atoms with van der Waals surface area (Å²) in [6.07, 6.45) is 3.83. The highest BCUT2D eigenvalue weighted by Crippen LogP contribution is 2.23. The van der Waals surface area contributed by atoms with E-state index in [2.05, 4.69) is 20.7 Å². The van der Waals surface area contributed by atoms with E-state index >= 15 is 0 Å². The van der Waals surface area contributed by atoms with E-state index in [4.69, 9.17) is 0 Å². The van der Waals surface area contributed by atoms with Gasteiger partial charge in [-0.05, 0) is 47.7 Å². The van der Waals surface area contributed by atoms with Gasteiger partial charge in [-0.3, -0.25) is 4.79 Å². The number of anilines is 1. The maximum absolute atomic E-state index is 13.0. The lowest BCUT2D eigenvalue weighted by molar-refractivity contribution is -0.117. The summed E-state index contributed by atoms with van der Waals surface area (Å²) in [4.78, 5) is 14.6. The summed E-state index contributed by atoms with van der Waals surface area (Å²) in [6, 6.07) is 10.1. The molecule has 4 rings (SSSR count). The first-order chi connectivity index (χ1) is 14.5. The normalized spacial score (nSPS) is 15.6. The zero-order chi connectivity index (χ0) is 21.0. The minimum absolute atomic E-state index is 0.124. The molecule has 0 saturated carbocycles. The summed E-state index contributed by atoms with van der Waals surface area (Å²) in [5.41, 5.74) is 0.412. The molecule has 1 saturated heterocycles. The number of thiophene rings is 1. The largest absolute Gasteiger partial charge is 0.324 e. The number of carbonyl (C=O) groups excluding carboxylic acids is 1. The number of amides is 1. The number of sulfonamides is 1. The number of benzene rings is 1. The van der Waals surface area contributed by atoms with Crippen molar-refractivity contribution in [3.05, 3.63) is 41.8 Å². The second kappa shape index (κ2) is 9.02. The number of tetrazole rings is 1. The summed E-state index contributed by atoms with van der Waals surface area (Å²) in [5, 5.41) is 16.7. The quantitative estimate of drug-likeness (QED) is 0.623. The topological polar surface area (TPSA) is 110 Å². The predicted molar refractivity (Wildman–Crippen MR) is 113 cm³/mol. The van der Waals surface area contributed by atoms with Crippen LogP contribution in [0, 0.1) is 0 Å². The van der Waals surface area contributed by atoms with E-state index in [0.717, 1.165) is 30.6 Å². The Balaban J connectivity index is 1.43. The van der Waals surface area contributed by atoms with Gasteiger partial charge in [0.25, 0.3) is 0 Å². The van der Waals surface area contributed by atoms with Crippen molar-refractivity contribution in [1.29, 1.82) is 0 Å². The van der Waals surface area contributed by atoms with Crippen LogP contribution < -0.4 is 5.32 Å². The fourth-order valence-electron chi connectivity index (χ4n) is 3.31. The molecule has 11 heteroatoms. The second-order valence-electron chi connectivity index (χ2n) is 7.02. The van der Waals surface area contributed by atoms with Gasteiger partial charge in [0.2, 0.25) is 21.8 Å². The van der Waals surface area contributed by atoms with Crippen LogP contribution in [-0.2, 0) is 21.4 Å². The van der Waals surface area contributed by atoms with Gasteiger partial charge in [0, 0.05) is 18.8 Å². The van der Waals surface area contributed by atoms with Crippen molar-refractivity contribution < 1.29 is 13.2 Å². The molecular formula is C19H22N6O3S2. The number of hydrogen-bond acceptors (Lipinski definition) is 7. The number of aromatic nitrogens is 4. The van der Waals surface area contributed by atoms with Crippen molar-refractivity contribution in [2.24, 2.45) is 0 Å². The standard InChI is InChI=1S/C19H22N6O3S2/c26-18(14-25-22-19(21-23-25)17-9-6-12-29-17)20-15-7-5-8-16(13-15)30(27,28)24-10-3-1-2-4-11-24/h5-9,12-13H,1-4,10-11,14H2,(H,20,26). The average molecular weight is 447 g/mol. The second-order valence-corrected chi connectivity index (χ2v) is 9.90. The Kier molecular flexibility index (Phi) is 6.21. The first-order valence-electron chi connectivity index (χ1n) is 9.74. The Morgan fingerprint density at radius 2 is 1.90 bits per heavy atom. The van der Waals surface area contributed by atoms with Crippen LogP contribution in [0.3, 0.4) is 0 Å². The molecule has 3 heterocycles. The van der Waals surface area contributed by atoms with Crippen molar-refractivity contribution >= 4 is 33.0 Å². The maximum atomic E-state index is 13.0. The van der Waals surface area contributed by atoms with Gasteiger partial charge in [-0.1, -0.05) is 25.0 Å². The fraction of sp³-hybridized carbons (Fsp3) is 0.368. The Morgan fingerprint density at radius 1 is 1.10 bits per heavy atom. The van der Waals surface area contributed by atoms with E-state index in [1.54, 1.807) is 18.2 Å². The smallest absolute Gasteiger partial charge is 0.248 e. The Labute approximate surface area is 178 Å². The van der Waals surface area contributed by atoms with Crippen LogP contribution in [0.2, 0.25) is 0 Å². The molecule has 0 bridgehead atoms. The molecule has 2 aromatic heterocycles. The van der Waals surface area contributed by atoms with Crippen LogP contribution in [0.1, 0.15) is 25.7 Å². The van der Waals surface area contributed by atoms with Gasteiger partial charge >= 0.3 is 0 Å². The van der Waals surface area contributed by atoms with Gasteiger partial charge < -0.3 is 5.32 Å². The lowest BCUT2D eigenvalue weighted by Gasteiger charge is -2.20. The van der Waals surface area contributed by atoms with Gasteiger partial charge in [-0.25, -0.2) is 8.42 Å². The Bertz CT molecular complexity index is 1100. The number of nitrogens with one attached hydrogen (secondary N) is 1. The molecule has 9 nitrogen and oxygen atoms in total. The van der Waals surface area contributed by atoms with Gasteiger partial charge in [0.1, 0.15) is 6.54 Å². The van der Waals surface area contributed by atoms with Crippen molar-refractivity contribution in [2.45, 2.75) is 37.1 Å². The highest BCUT2D eigenvalue weighted by atomic mass is 32.2. The minimum atomic E-state index is -3.58. The molecule has 0 radical (unpaired) electrons. The van der Waals surface area contributed by atoms with Gasteiger partial charge in [0.05, 0.1) is 9.77 Å². The Hall–Kier alpha value is -2.63. The predicted octanol–water partition coefficient (Wildman–Crippen LogP) is 2.61. The summed E-state index contributed by atoms with van der Waals surface area (Å²) < 4.78 is 27.5. The van der Waals surface area contributed by atoms with E-state index in [0.29, 0.717) is 24.6 Å². The van der Waals surface area contributed by atoms with Gasteiger partial charge in [-0.2, -0.15) is 9.10 Å². The summed E-state index contributed by atoms with van der Waals surface area (Å²) in [7, 11) is -3.58. The van der Waals surface area contributed by atoms with Gasteiger partial charge in [-0.15, -0.1) is 21.5 Å². The van der Waals surface area contributed by atoms with Crippen LogP contribution in [0.4, 0.5) is 5.69 Å².